The summed E-state index contributed by atoms with van der Waals surface area (Å²) in [4.78, 5) is 0. The van der Waals surface area contributed by atoms with Gasteiger partial charge in [0, 0.05) is 0 Å². The molecule has 0 aliphatic rings. The highest BCUT2D eigenvalue weighted by molar-refractivity contribution is 7.80. The van der Waals surface area contributed by atoms with Crippen LogP contribution in [0.1, 0.15) is 37.1 Å². The Morgan fingerprint density at radius 3 is 1.45 bits per heavy atom. The summed E-state index contributed by atoms with van der Waals surface area (Å²) in [5.41, 5.74) is 2.45. The van der Waals surface area contributed by atoms with Gasteiger partial charge in [-0.25, -0.2) is 0 Å². The van der Waals surface area contributed by atoms with Gasteiger partial charge in [-0.05, 0) is 37.2 Å². The topological polar surface area (TPSA) is 24.1 Å². The summed E-state index contributed by atoms with van der Waals surface area (Å²) >= 11 is 5.38. The fraction of sp³-hybridized carbons (Fsp3) is 0.235. The van der Waals surface area contributed by atoms with Crippen LogP contribution in [0.4, 0.5) is 0 Å². The number of thiocarbonyl (C=S) groups is 1. The molecule has 0 bridgehead atoms. The molecule has 0 fully saturated rings. The van der Waals surface area contributed by atoms with Gasteiger partial charge in [0.1, 0.15) is 0 Å². The van der Waals surface area contributed by atoms with Crippen LogP contribution in [0.25, 0.3) is 0 Å². The highest BCUT2D eigenvalue weighted by atomic mass is 32.1. The molecule has 0 saturated heterocycles. The fourth-order valence-electron chi connectivity index (χ4n) is 2.09. The Morgan fingerprint density at radius 1 is 0.750 bits per heavy atom. The van der Waals surface area contributed by atoms with Crippen molar-refractivity contribution in [2.75, 3.05) is 0 Å². The van der Waals surface area contributed by atoms with Crippen molar-refractivity contribution in [3.8, 4) is 0 Å². The lowest BCUT2D eigenvalue weighted by Gasteiger charge is -2.21. The average molecular weight is 284 g/mol. The third-order valence-corrected chi connectivity index (χ3v) is 3.53. The van der Waals surface area contributed by atoms with E-state index in [4.69, 9.17) is 12.2 Å². The second-order valence-corrected chi connectivity index (χ2v) is 5.29. The first-order chi connectivity index (χ1) is 9.66. The predicted molar refractivity (Wildman–Crippen MR) is 88.6 cm³/mol. The monoisotopic (exact) mass is 284 g/mol. The molecule has 0 heterocycles. The maximum Gasteiger partial charge on any atom is 0.167 e. The molecule has 2 rings (SSSR count). The van der Waals surface area contributed by atoms with Gasteiger partial charge < -0.3 is 10.6 Å². The molecular formula is C17H20N2S. The summed E-state index contributed by atoms with van der Waals surface area (Å²) in [7, 11) is 0. The van der Waals surface area contributed by atoms with Crippen molar-refractivity contribution in [1.82, 2.24) is 10.6 Å². The molecule has 0 radical (unpaired) electrons. The van der Waals surface area contributed by atoms with Gasteiger partial charge in [-0.15, -0.1) is 0 Å². The molecule has 2 atom stereocenters. The summed E-state index contributed by atoms with van der Waals surface area (Å²) in [6, 6.07) is 21.0. The van der Waals surface area contributed by atoms with E-state index in [1.54, 1.807) is 0 Å². The maximum atomic E-state index is 5.38. The van der Waals surface area contributed by atoms with Crippen molar-refractivity contribution in [3.05, 3.63) is 71.8 Å². The number of hydrogen-bond donors (Lipinski definition) is 2. The van der Waals surface area contributed by atoms with Crippen molar-refractivity contribution in [3.63, 3.8) is 0 Å². The Labute approximate surface area is 126 Å². The molecule has 0 saturated carbocycles. The Balaban J connectivity index is 1.90. The van der Waals surface area contributed by atoms with Crippen LogP contribution in [0.3, 0.4) is 0 Å². The van der Waals surface area contributed by atoms with Gasteiger partial charge in [-0.1, -0.05) is 60.7 Å². The van der Waals surface area contributed by atoms with E-state index < -0.39 is 0 Å². The first-order valence-electron chi connectivity index (χ1n) is 6.83. The molecule has 0 aromatic heterocycles. The van der Waals surface area contributed by atoms with Crippen molar-refractivity contribution in [2.45, 2.75) is 25.9 Å². The molecule has 2 aromatic carbocycles. The third kappa shape index (κ3) is 4.07. The zero-order valence-corrected chi connectivity index (χ0v) is 12.7. The van der Waals surface area contributed by atoms with Crippen molar-refractivity contribution < 1.29 is 0 Å². The van der Waals surface area contributed by atoms with E-state index in [0.717, 1.165) is 0 Å². The van der Waals surface area contributed by atoms with Crippen LogP contribution < -0.4 is 10.6 Å². The molecule has 0 aliphatic heterocycles. The van der Waals surface area contributed by atoms with E-state index >= 15 is 0 Å². The number of nitrogens with one attached hydrogen (secondary N) is 2. The van der Waals surface area contributed by atoms with Crippen LogP contribution in [0.2, 0.25) is 0 Å². The van der Waals surface area contributed by atoms with Crippen LogP contribution in [0.15, 0.2) is 60.7 Å². The average Bonchev–Trinajstić information content (AvgIpc) is 2.49. The first-order valence-corrected chi connectivity index (χ1v) is 7.24. The summed E-state index contributed by atoms with van der Waals surface area (Å²) in [6.07, 6.45) is 0. The largest absolute Gasteiger partial charge is 0.356 e. The summed E-state index contributed by atoms with van der Waals surface area (Å²) in [5, 5.41) is 7.31. The van der Waals surface area contributed by atoms with Gasteiger partial charge in [0.05, 0.1) is 12.1 Å². The van der Waals surface area contributed by atoms with Gasteiger partial charge in [0.2, 0.25) is 0 Å². The lowest BCUT2D eigenvalue weighted by atomic mass is 10.1. The van der Waals surface area contributed by atoms with Crippen molar-refractivity contribution in [2.24, 2.45) is 0 Å². The van der Waals surface area contributed by atoms with Gasteiger partial charge >= 0.3 is 0 Å². The molecule has 0 aliphatic carbocycles. The van der Waals surface area contributed by atoms with Gasteiger partial charge in [0.15, 0.2) is 5.11 Å². The van der Waals surface area contributed by atoms with Crippen LogP contribution >= 0.6 is 12.2 Å². The lowest BCUT2D eigenvalue weighted by molar-refractivity contribution is 0.656. The molecule has 2 aromatic rings. The molecule has 2 nitrogen and oxygen atoms in total. The molecule has 0 amide bonds. The number of benzene rings is 2. The molecule has 104 valence electrons. The zero-order chi connectivity index (χ0) is 14.4. The minimum Gasteiger partial charge on any atom is -0.356 e. The van der Waals surface area contributed by atoms with E-state index in [0.29, 0.717) is 5.11 Å². The Hall–Kier alpha value is -1.87. The summed E-state index contributed by atoms with van der Waals surface area (Å²) < 4.78 is 0. The summed E-state index contributed by atoms with van der Waals surface area (Å²) in [6.45, 7) is 4.22. The Kier molecular flexibility index (Phi) is 5.13. The van der Waals surface area contributed by atoms with E-state index in [9.17, 15) is 0 Å². The molecule has 0 unspecified atom stereocenters. The van der Waals surface area contributed by atoms with Gasteiger partial charge in [0.25, 0.3) is 0 Å². The van der Waals surface area contributed by atoms with E-state index in [1.807, 2.05) is 36.4 Å². The predicted octanol–water partition coefficient (Wildman–Crippen LogP) is 3.97. The van der Waals surface area contributed by atoms with Gasteiger partial charge in [-0.2, -0.15) is 0 Å². The van der Waals surface area contributed by atoms with Crippen LogP contribution in [-0.2, 0) is 0 Å². The fourth-order valence-corrected chi connectivity index (χ4v) is 2.44. The summed E-state index contributed by atoms with van der Waals surface area (Å²) in [5.74, 6) is 0. The Bertz CT molecular complexity index is 490. The highest BCUT2D eigenvalue weighted by Crippen LogP contribution is 2.13. The highest BCUT2D eigenvalue weighted by Gasteiger charge is 2.09. The lowest BCUT2D eigenvalue weighted by Crippen LogP contribution is -2.38. The standard InChI is InChI=1S/C17H20N2S/c1-13(15-9-5-3-6-10-15)18-17(20)19-14(2)16-11-7-4-8-12-16/h3-14H,1-2H3,(H2,18,19,20)/t13-,14+. The second-order valence-electron chi connectivity index (χ2n) is 4.88. The first kappa shape index (κ1) is 14.5. The SMILES string of the molecule is C[C@H](NC(=S)N[C@H](C)c1ccccc1)c1ccccc1. The number of rotatable bonds is 4. The molecule has 0 spiro atoms. The Morgan fingerprint density at radius 2 is 1.10 bits per heavy atom. The zero-order valence-electron chi connectivity index (χ0n) is 11.8. The van der Waals surface area contributed by atoms with E-state index in [1.165, 1.54) is 11.1 Å². The molecule has 2 N–H and O–H groups in total. The van der Waals surface area contributed by atoms with E-state index in [-0.39, 0.29) is 12.1 Å². The smallest absolute Gasteiger partial charge is 0.167 e. The van der Waals surface area contributed by atoms with Gasteiger partial charge in [-0.3, -0.25) is 0 Å². The minimum absolute atomic E-state index is 0.194. The number of hydrogen-bond acceptors (Lipinski definition) is 1. The third-order valence-electron chi connectivity index (χ3n) is 3.29. The quantitative estimate of drug-likeness (QED) is 0.831. The van der Waals surface area contributed by atoms with Crippen molar-refractivity contribution >= 4 is 17.3 Å². The molecule has 20 heavy (non-hydrogen) atoms. The minimum atomic E-state index is 0.194. The van der Waals surface area contributed by atoms with Crippen molar-refractivity contribution in [1.29, 1.82) is 0 Å². The molecular weight excluding hydrogens is 264 g/mol. The van der Waals surface area contributed by atoms with Crippen LogP contribution in [0, 0.1) is 0 Å². The second kappa shape index (κ2) is 7.06. The normalized spacial score (nSPS) is 13.3. The van der Waals surface area contributed by atoms with Crippen LogP contribution in [-0.4, -0.2) is 5.11 Å². The van der Waals surface area contributed by atoms with E-state index in [2.05, 4.69) is 48.7 Å². The van der Waals surface area contributed by atoms with Crippen LogP contribution in [0.5, 0.6) is 0 Å². The maximum absolute atomic E-state index is 5.38. The molecule has 3 heteroatoms.